The van der Waals surface area contributed by atoms with Gasteiger partial charge in [0.15, 0.2) is 0 Å². The Labute approximate surface area is 195 Å². The average molecular weight is 488 g/mol. The minimum absolute atomic E-state index is 0.0807. The fourth-order valence-corrected chi connectivity index (χ4v) is 4.38. The number of aryl methyl sites for hydroxylation is 1. The minimum Gasteiger partial charge on any atom is -0.326 e. The van der Waals surface area contributed by atoms with Crippen LogP contribution in [0, 0.1) is 0 Å². The molecule has 0 bridgehead atoms. The van der Waals surface area contributed by atoms with Crippen LogP contribution in [0.4, 0.5) is 11.4 Å². The molecule has 34 heavy (non-hydrogen) atoms. The molecule has 0 spiro atoms. The summed E-state index contributed by atoms with van der Waals surface area (Å²) in [5.41, 5.74) is -0.472. The number of benzene rings is 2. The number of nitrogens with zero attached hydrogens (tertiary/aromatic N) is 3. The molecule has 0 saturated heterocycles. The van der Waals surface area contributed by atoms with E-state index in [2.05, 4.69) is 10.6 Å². The number of fused-ring (bicyclic) bond motifs is 1. The molecule has 0 aliphatic carbocycles. The third-order valence-corrected chi connectivity index (χ3v) is 6.88. The van der Waals surface area contributed by atoms with E-state index in [0.29, 0.717) is 16.9 Å². The Morgan fingerprint density at radius 2 is 1.53 bits per heavy atom. The molecule has 0 fully saturated rings. The van der Waals surface area contributed by atoms with Crippen molar-refractivity contribution in [2.24, 2.45) is 0 Å². The predicted molar refractivity (Wildman–Crippen MR) is 128 cm³/mol. The Hall–Kier alpha value is -3.77. The number of amides is 2. The largest absolute Gasteiger partial charge is 0.326 e. The van der Waals surface area contributed by atoms with Crippen LogP contribution in [0.5, 0.6) is 0 Å². The van der Waals surface area contributed by atoms with Gasteiger partial charge in [-0.1, -0.05) is 6.07 Å². The van der Waals surface area contributed by atoms with Gasteiger partial charge in [-0.25, -0.2) is 12.7 Å². The average Bonchev–Trinajstić information content (AvgIpc) is 2.76. The first kappa shape index (κ1) is 24.9. The van der Waals surface area contributed by atoms with Crippen molar-refractivity contribution in [1.82, 2.24) is 13.4 Å². The van der Waals surface area contributed by atoms with E-state index in [4.69, 9.17) is 0 Å². The van der Waals surface area contributed by atoms with E-state index in [1.54, 1.807) is 25.1 Å². The molecule has 2 N–H and O–H groups in total. The smallest absolute Gasteiger partial charge is 0.317 e. The highest BCUT2D eigenvalue weighted by atomic mass is 32.2. The highest BCUT2D eigenvalue weighted by Gasteiger charge is 2.21. The number of aromatic nitrogens is 2. The topological polar surface area (TPSA) is 140 Å². The van der Waals surface area contributed by atoms with Crippen molar-refractivity contribution in [3.05, 3.63) is 63.2 Å². The van der Waals surface area contributed by atoms with Gasteiger partial charge >= 0.3 is 11.1 Å². The zero-order chi connectivity index (χ0) is 25.2. The highest BCUT2D eigenvalue weighted by molar-refractivity contribution is 7.89. The molecule has 2 amide bonds. The number of nitrogens with one attached hydrogen (secondary N) is 2. The molecule has 180 valence electrons. The maximum atomic E-state index is 12.9. The van der Waals surface area contributed by atoms with Crippen LogP contribution in [0.25, 0.3) is 11.0 Å². The van der Waals surface area contributed by atoms with Gasteiger partial charge in [-0.2, -0.15) is 0 Å². The lowest BCUT2D eigenvalue weighted by Gasteiger charge is -2.17. The first-order valence-corrected chi connectivity index (χ1v) is 11.8. The predicted octanol–water partition coefficient (Wildman–Crippen LogP) is 1.03. The van der Waals surface area contributed by atoms with Crippen LogP contribution < -0.4 is 21.8 Å². The van der Waals surface area contributed by atoms with Gasteiger partial charge in [-0.05, 0) is 43.3 Å². The van der Waals surface area contributed by atoms with Crippen LogP contribution in [0.2, 0.25) is 0 Å². The molecular weight excluding hydrogens is 462 g/mol. The van der Waals surface area contributed by atoms with Gasteiger partial charge in [-0.3, -0.25) is 23.7 Å². The van der Waals surface area contributed by atoms with Gasteiger partial charge in [0.25, 0.3) is 0 Å². The minimum atomic E-state index is -3.82. The van der Waals surface area contributed by atoms with E-state index < -0.39 is 33.6 Å². The van der Waals surface area contributed by atoms with Gasteiger partial charge in [0, 0.05) is 38.9 Å². The number of sulfonamides is 1. The third-order valence-electron chi connectivity index (χ3n) is 5.06. The Morgan fingerprint density at radius 1 is 0.912 bits per heavy atom. The first-order valence-electron chi connectivity index (χ1n) is 10.3. The Bertz CT molecular complexity index is 1500. The molecule has 0 saturated carbocycles. The normalized spacial score (nSPS) is 11.6. The summed E-state index contributed by atoms with van der Waals surface area (Å²) < 4.78 is 28.5. The van der Waals surface area contributed by atoms with E-state index in [1.807, 2.05) is 0 Å². The maximum absolute atomic E-state index is 12.9. The standard InChI is InChI=1S/C22H25N5O6S/c1-5-26-18-10-9-17(34(32,33)25(3)4)12-19(18)27(22(31)21(26)30)13-20(29)24-16-8-6-7-15(11-16)23-14(2)28/h6-12H,5,13H2,1-4H3,(H,23,28)(H,24,29). The Morgan fingerprint density at radius 3 is 2.12 bits per heavy atom. The monoisotopic (exact) mass is 487 g/mol. The van der Waals surface area contributed by atoms with Gasteiger partial charge in [-0.15, -0.1) is 0 Å². The van der Waals surface area contributed by atoms with E-state index in [9.17, 15) is 27.6 Å². The summed E-state index contributed by atoms with van der Waals surface area (Å²) in [5, 5.41) is 5.22. The highest BCUT2D eigenvalue weighted by Crippen LogP contribution is 2.20. The molecule has 0 radical (unpaired) electrons. The third kappa shape index (κ3) is 4.92. The molecule has 0 aliphatic heterocycles. The van der Waals surface area contributed by atoms with Crippen molar-refractivity contribution in [2.45, 2.75) is 31.8 Å². The fourth-order valence-electron chi connectivity index (χ4n) is 3.46. The van der Waals surface area contributed by atoms with Crippen LogP contribution in [0.1, 0.15) is 13.8 Å². The van der Waals surface area contributed by atoms with E-state index in [-0.39, 0.29) is 22.9 Å². The molecule has 12 heteroatoms. The number of hydrogen-bond acceptors (Lipinski definition) is 6. The van der Waals surface area contributed by atoms with E-state index in [1.165, 1.54) is 49.9 Å². The number of carbonyl (C=O) groups excluding carboxylic acids is 2. The Balaban J connectivity index is 2.08. The number of carbonyl (C=O) groups is 2. The van der Waals surface area contributed by atoms with E-state index in [0.717, 1.165) is 8.87 Å². The van der Waals surface area contributed by atoms with E-state index >= 15 is 0 Å². The molecule has 0 atom stereocenters. The molecule has 1 heterocycles. The molecule has 1 aromatic heterocycles. The van der Waals surface area contributed by atoms with Crippen molar-refractivity contribution in [1.29, 1.82) is 0 Å². The van der Waals surface area contributed by atoms with Crippen molar-refractivity contribution in [3.63, 3.8) is 0 Å². The summed E-state index contributed by atoms with van der Waals surface area (Å²) in [6.45, 7) is 2.70. The quantitative estimate of drug-likeness (QED) is 0.477. The first-order chi connectivity index (χ1) is 15.9. The van der Waals surface area contributed by atoms with Crippen LogP contribution in [0.15, 0.2) is 56.9 Å². The number of rotatable bonds is 7. The summed E-state index contributed by atoms with van der Waals surface area (Å²) in [6, 6.07) is 10.5. The van der Waals surface area contributed by atoms with Crippen molar-refractivity contribution < 1.29 is 18.0 Å². The van der Waals surface area contributed by atoms with Gasteiger partial charge in [0.1, 0.15) is 6.54 Å². The number of anilines is 2. The lowest BCUT2D eigenvalue weighted by Crippen LogP contribution is -2.43. The second kappa shape index (κ2) is 9.61. The zero-order valence-corrected chi connectivity index (χ0v) is 20.0. The lowest BCUT2D eigenvalue weighted by atomic mass is 10.2. The van der Waals surface area contributed by atoms with Gasteiger partial charge in [0.05, 0.1) is 15.9 Å². The SMILES string of the molecule is CCn1c(=O)c(=O)n(CC(=O)Nc2cccc(NC(C)=O)c2)c2cc(S(=O)(=O)N(C)C)ccc21. The zero-order valence-electron chi connectivity index (χ0n) is 19.2. The van der Waals surface area contributed by atoms with Gasteiger partial charge in [0.2, 0.25) is 21.8 Å². The van der Waals surface area contributed by atoms with Crippen LogP contribution in [-0.2, 0) is 32.7 Å². The molecule has 0 unspecified atom stereocenters. The molecule has 3 rings (SSSR count). The summed E-state index contributed by atoms with van der Waals surface area (Å²) in [5.74, 6) is -0.889. The van der Waals surface area contributed by atoms with Crippen molar-refractivity contribution in [3.8, 4) is 0 Å². The number of hydrogen-bond donors (Lipinski definition) is 2. The molecule has 0 aliphatic rings. The lowest BCUT2D eigenvalue weighted by molar-refractivity contribution is -0.117. The second-order valence-corrected chi connectivity index (χ2v) is 9.84. The molecular formula is C22H25N5O6S. The fraction of sp³-hybridized carbons (Fsp3) is 0.273. The summed E-state index contributed by atoms with van der Waals surface area (Å²) in [7, 11) is -1.07. The maximum Gasteiger partial charge on any atom is 0.317 e. The van der Waals surface area contributed by atoms with Crippen LogP contribution in [0.3, 0.4) is 0 Å². The molecule has 3 aromatic rings. The van der Waals surface area contributed by atoms with Crippen LogP contribution >= 0.6 is 0 Å². The Kier molecular flexibility index (Phi) is 7.03. The molecule has 2 aromatic carbocycles. The summed E-state index contributed by atoms with van der Waals surface area (Å²) in [6.07, 6.45) is 0. The summed E-state index contributed by atoms with van der Waals surface area (Å²) >= 11 is 0. The van der Waals surface area contributed by atoms with Crippen molar-refractivity contribution >= 4 is 44.2 Å². The molecule has 11 nitrogen and oxygen atoms in total. The van der Waals surface area contributed by atoms with Crippen molar-refractivity contribution in [2.75, 3.05) is 24.7 Å². The summed E-state index contributed by atoms with van der Waals surface area (Å²) in [4.78, 5) is 49.5. The second-order valence-electron chi connectivity index (χ2n) is 7.69. The van der Waals surface area contributed by atoms with Crippen LogP contribution in [-0.4, -0.2) is 47.8 Å². The van der Waals surface area contributed by atoms with Gasteiger partial charge < -0.3 is 15.2 Å².